The Labute approximate surface area is 192 Å². The zero-order valence-electron chi connectivity index (χ0n) is 18.2. The molecule has 30 heavy (non-hydrogen) atoms. The van der Waals surface area contributed by atoms with E-state index in [1.807, 2.05) is 0 Å². The predicted octanol–water partition coefficient (Wildman–Crippen LogP) is 3.85. The quantitative estimate of drug-likeness (QED) is 0.380. The fraction of sp³-hybridized carbons (Fsp3) is 0.917. The van der Waals surface area contributed by atoms with Crippen LogP contribution in [-0.4, -0.2) is 34.4 Å². The van der Waals surface area contributed by atoms with Gasteiger partial charge in [-0.25, -0.2) is 0 Å². The molecule has 8 fully saturated rings. The van der Waals surface area contributed by atoms with E-state index in [0.29, 0.717) is 11.1 Å². The van der Waals surface area contributed by atoms with Gasteiger partial charge in [-0.2, -0.15) is 0 Å². The second-order valence-corrected chi connectivity index (χ2v) is 13.0. The Bertz CT molecular complexity index is 589. The Morgan fingerprint density at radius 3 is 1.07 bits per heavy atom. The zero-order chi connectivity index (χ0) is 20.3. The summed E-state index contributed by atoms with van der Waals surface area (Å²) in [5.74, 6) is 5.67. The summed E-state index contributed by atoms with van der Waals surface area (Å²) < 4.78 is 0. The lowest BCUT2D eigenvalue weighted by Gasteiger charge is -2.57. The SMILES string of the molecule is S=C(NCCNC(=S)NC12CC3CC(CC(C3)C1)C2)NC12CC3CC(CC(C3)C1)C2. The number of rotatable bonds is 5. The molecule has 6 heteroatoms. The second-order valence-electron chi connectivity index (χ2n) is 12.2. The van der Waals surface area contributed by atoms with Crippen LogP contribution in [0.1, 0.15) is 77.0 Å². The molecule has 0 radical (unpaired) electrons. The van der Waals surface area contributed by atoms with Crippen LogP contribution in [0.15, 0.2) is 0 Å². The number of nitrogens with one attached hydrogen (secondary N) is 4. The van der Waals surface area contributed by atoms with E-state index in [4.69, 9.17) is 24.4 Å². The van der Waals surface area contributed by atoms with E-state index in [0.717, 1.165) is 58.8 Å². The van der Waals surface area contributed by atoms with Crippen LogP contribution in [-0.2, 0) is 0 Å². The molecule has 0 aromatic rings. The predicted molar refractivity (Wildman–Crippen MR) is 129 cm³/mol. The van der Waals surface area contributed by atoms with Crippen LogP contribution in [0.25, 0.3) is 0 Å². The van der Waals surface area contributed by atoms with Crippen LogP contribution in [0.3, 0.4) is 0 Å². The minimum absolute atomic E-state index is 0.293. The maximum Gasteiger partial charge on any atom is 0.166 e. The molecule has 166 valence electrons. The van der Waals surface area contributed by atoms with Crippen molar-refractivity contribution in [3.05, 3.63) is 0 Å². The van der Waals surface area contributed by atoms with Crippen LogP contribution in [0, 0.1) is 35.5 Å². The van der Waals surface area contributed by atoms with E-state index in [1.54, 1.807) is 0 Å². The number of thiocarbonyl (C=S) groups is 2. The first-order valence-corrected chi connectivity index (χ1v) is 13.4. The molecular weight excluding hydrogens is 408 g/mol. The summed E-state index contributed by atoms with van der Waals surface area (Å²) in [4.78, 5) is 0. The molecule has 8 bridgehead atoms. The van der Waals surface area contributed by atoms with Crippen LogP contribution in [0.4, 0.5) is 0 Å². The van der Waals surface area contributed by atoms with Crippen LogP contribution >= 0.6 is 24.4 Å². The first-order valence-electron chi connectivity index (χ1n) is 12.6. The molecule has 0 atom stereocenters. The Morgan fingerprint density at radius 2 is 0.800 bits per heavy atom. The van der Waals surface area contributed by atoms with Gasteiger partial charge >= 0.3 is 0 Å². The highest BCUT2D eigenvalue weighted by atomic mass is 32.1. The highest BCUT2D eigenvalue weighted by molar-refractivity contribution is 7.80. The Kier molecular flexibility index (Phi) is 4.98. The molecule has 4 nitrogen and oxygen atoms in total. The van der Waals surface area contributed by atoms with Gasteiger partial charge in [0.2, 0.25) is 0 Å². The molecule has 0 saturated heterocycles. The maximum absolute atomic E-state index is 5.68. The summed E-state index contributed by atoms with van der Waals surface area (Å²) in [7, 11) is 0. The van der Waals surface area contributed by atoms with Gasteiger partial charge in [0, 0.05) is 24.2 Å². The summed E-state index contributed by atoms with van der Waals surface area (Å²) in [6.07, 6.45) is 16.8. The summed E-state index contributed by atoms with van der Waals surface area (Å²) in [6.45, 7) is 1.64. The van der Waals surface area contributed by atoms with Gasteiger partial charge in [-0.1, -0.05) is 0 Å². The second kappa shape index (κ2) is 7.47. The molecule has 0 amide bonds. The molecule has 8 rings (SSSR count). The van der Waals surface area contributed by atoms with Gasteiger partial charge in [0.15, 0.2) is 10.2 Å². The Hall–Kier alpha value is -0.620. The van der Waals surface area contributed by atoms with Crippen molar-refractivity contribution in [2.24, 2.45) is 35.5 Å². The number of hydrogen-bond donors (Lipinski definition) is 4. The topological polar surface area (TPSA) is 48.1 Å². The molecule has 8 aliphatic carbocycles. The maximum atomic E-state index is 5.68. The molecule has 4 N–H and O–H groups in total. The highest BCUT2D eigenvalue weighted by Gasteiger charge is 2.52. The van der Waals surface area contributed by atoms with Crippen LogP contribution < -0.4 is 21.3 Å². The molecular formula is C24H38N4S2. The van der Waals surface area contributed by atoms with Crippen molar-refractivity contribution in [2.75, 3.05) is 13.1 Å². The first-order chi connectivity index (χ1) is 14.5. The smallest absolute Gasteiger partial charge is 0.166 e. The van der Waals surface area contributed by atoms with Gasteiger partial charge in [-0.05, 0) is 137 Å². The fourth-order valence-corrected chi connectivity index (χ4v) is 10.1. The van der Waals surface area contributed by atoms with E-state index < -0.39 is 0 Å². The largest absolute Gasteiger partial charge is 0.361 e. The third kappa shape index (κ3) is 3.85. The fourth-order valence-electron chi connectivity index (χ4n) is 9.45. The van der Waals surface area contributed by atoms with Gasteiger partial charge in [0.25, 0.3) is 0 Å². The van der Waals surface area contributed by atoms with Gasteiger partial charge in [-0.3, -0.25) is 0 Å². The molecule has 8 aliphatic rings. The lowest BCUT2D eigenvalue weighted by atomic mass is 9.53. The van der Waals surface area contributed by atoms with Crippen molar-refractivity contribution in [3.8, 4) is 0 Å². The van der Waals surface area contributed by atoms with E-state index in [-0.39, 0.29) is 0 Å². The molecule has 0 aromatic carbocycles. The minimum Gasteiger partial charge on any atom is -0.361 e. The van der Waals surface area contributed by atoms with Crippen molar-refractivity contribution in [2.45, 2.75) is 88.1 Å². The Morgan fingerprint density at radius 1 is 0.533 bits per heavy atom. The van der Waals surface area contributed by atoms with Crippen molar-refractivity contribution in [1.82, 2.24) is 21.3 Å². The normalized spacial score (nSPS) is 47.2. The van der Waals surface area contributed by atoms with Crippen molar-refractivity contribution < 1.29 is 0 Å². The number of hydrogen-bond acceptors (Lipinski definition) is 2. The average Bonchev–Trinajstić information content (AvgIpc) is 2.62. The van der Waals surface area contributed by atoms with Gasteiger partial charge in [0.05, 0.1) is 0 Å². The molecule has 0 heterocycles. The standard InChI is InChI=1S/C24H38N4S2/c29-21(27-23-9-15-3-16(10-23)5-17(4-15)11-23)25-1-2-26-22(30)28-24-12-18-6-19(13-24)8-20(7-18)14-24/h15-20H,1-14H2,(H2,25,27,29)(H2,26,28,30). The van der Waals surface area contributed by atoms with Crippen molar-refractivity contribution in [1.29, 1.82) is 0 Å². The summed E-state index contributed by atoms with van der Waals surface area (Å²) >= 11 is 11.4. The lowest BCUT2D eigenvalue weighted by Crippen LogP contribution is -2.62. The third-order valence-corrected chi connectivity index (χ3v) is 10.0. The zero-order valence-corrected chi connectivity index (χ0v) is 19.8. The van der Waals surface area contributed by atoms with Gasteiger partial charge in [-0.15, -0.1) is 0 Å². The molecule has 0 aliphatic heterocycles. The van der Waals surface area contributed by atoms with E-state index in [2.05, 4.69) is 21.3 Å². The van der Waals surface area contributed by atoms with Gasteiger partial charge < -0.3 is 21.3 Å². The van der Waals surface area contributed by atoms with Crippen LogP contribution in [0.2, 0.25) is 0 Å². The van der Waals surface area contributed by atoms with E-state index in [1.165, 1.54) is 77.0 Å². The van der Waals surface area contributed by atoms with Crippen LogP contribution in [0.5, 0.6) is 0 Å². The summed E-state index contributed by atoms with van der Waals surface area (Å²) in [5, 5.41) is 16.1. The molecule has 0 spiro atoms. The first kappa shape index (κ1) is 20.0. The Balaban J connectivity index is 0.934. The lowest BCUT2D eigenvalue weighted by molar-refractivity contribution is -0.0104. The molecule has 0 aromatic heterocycles. The van der Waals surface area contributed by atoms with Crippen molar-refractivity contribution >= 4 is 34.7 Å². The molecule has 0 unspecified atom stereocenters. The summed E-state index contributed by atoms with van der Waals surface area (Å²) in [5.41, 5.74) is 0.587. The van der Waals surface area contributed by atoms with E-state index in [9.17, 15) is 0 Å². The highest BCUT2D eigenvalue weighted by Crippen LogP contribution is 2.56. The van der Waals surface area contributed by atoms with Crippen molar-refractivity contribution in [3.63, 3.8) is 0 Å². The van der Waals surface area contributed by atoms with Gasteiger partial charge in [0.1, 0.15) is 0 Å². The summed E-state index contributed by atoms with van der Waals surface area (Å²) in [6, 6.07) is 0. The third-order valence-electron chi connectivity index (χ3n) is 9.53. The molecule has 8 saturated carbocycles. The monoisotopic (exact) mass is 446 g/mol. The minimum atomic E-state index is 0.293. The van der Waals surface area contributed by atoms with E-state index >= 15 is 0 Å². The average molecular weight is 447 g/mol.